The zero-order chi connectivity index (χ0) is 20.7. The molecule has 156 valence electrons. The lowest BCUT2D eigenvalue weighted by molar-refractivity contribution is 0.133. The van der Waals surface area contributed by atoms with Gasteiger partial charge in [-0.1, -0.05) is 13.8 Å². The Hall–Kier alpha value is -2.78. The molecule has 8 nitrogen and oxygen atoms in total. The first-order chi connectivity index (χ1) is 14.5. The van der Waals surface area contributed by atoms with Crippen molar-refractivity contribution in [2.75, 3.05) is 18.4 Å². The SMILES string of the molecule is Cc1cn2c(-c3cn[nH]c3)cnc2c(Nc2cc(CN3CC(C)CC(C)C3)ns2)n1. The molecule has 0 bridgehead atoms. The summed E-state index contributed by atoms with van der Waals surface area (Å²) in [5.74, 6) is 2.24. The molecule has 0 amide bonds. The normalized spacial score (nSPS) is 20.1. The Morgan fingerprint density at radius 3 is 2.83 bits per heavy atom. The van der Waals surface area contributed by atoms with E-state index in [-0.39, 0.29) is 0 Å². The van der Waals surface area contributed by atoms with Crippen LogP contribution in [0.15, 0.2) is 30.9 Å². The van der Waals surface area contributed by atoms with Crippen molar-refractivity contribution in [1.29, 1.82) is 0 Å². The smallest absolute Gasteiger partial charge is 0.180 e. The van der Waals surface area contributed by atoms with Crippen molar-refractivity contribution in [3.05, 3.63) is 42.2 Å². The number of hydrogen-bond acceptors (Lipinski definition) is 7. The van der Waals surface area contributed by atoms with E-state index in [0.717, 1.165) is 70.6 Å². The highest BCUT2D eigenvalue weighted by Crippen LogP contribution is 2.28. The summed E-state index contributed by atoms with van der Waals surface area (Å²) in [5.41, 5.74) is 4.77. The molecule has 0 radical (unpaired) electrons. The molecule has 2 unspecified atom stereocenters. The fraction of sp³-hybridized carbons (Fsp3) is 0.429. The van der Waals surface area contributed by atoms with Crippen molar-refractivity contribution in [2.45, 2.75) is 33.7 Å². The van der Waals surface area contributed by atoms with Gasteiger partial charge in [0.15, 0.2) is 11.5 Å². The summed E-state index contributed by atoms with van der Waals surface area (Å²) in [6.45, 7) is 9.87. The lowest BCUT2D eigenvalue weighted by Gasteiger charge is -2.34. The molecule has 2 N–H and O–H groups in total. The molecule has 1 fully saturated rings. The van der Waals surface area contributed by atoms with Gasteiger partial charge >= 0.3 is 0 Å². The van der Waals surface area contributed by atoms with Gasteiger partial charge in [-0.15, -0.1) is 0 Å². The number of hydrogen-bond donors (Lipinski definition) is 2. The third-order valence-electron chi connectivity index (χ3n) is 5.54. The van der Waals surface area contributed by atoms with Crippen LogP contribution in [0.3, 0.4) is 0 Å². The second kappa shape index (κ2) is 7.81. The Balaban J connectivity index is 1.37. The standard InChI is InChI=1S/C21H26N8S/c1-13-4-14(2)10-28(9-13)12-17-5-19(30-27-17)26-20-21-22-8-18(16-6-23-24-7-16)29(21)11-15(3)25-20/h5-8,11,13-14H,4,9-10,12H2,1-3H3,(H,23,24)(H,25,26). The van der Waals surface area contributed by atoms with Crippen molar-refractivity contribution < 1.29 is 0 Å². The number of aryl methyl sites for hydroxylation is 1. The first kappa shape index (κ1) is 19.2. The molecule has 2 atom stereocenters. The highest BCUT2D eigenvalue weighted by molar-refractivity contribution is 7.10. The number of imidazole rings is 1. The van der Waals surface area contributed by atoms with Crippen LogP contribution in [-0.2, 0) is 6.54 Å². The van der Waals surface area contributed by atoms with E-state index in [2.05, 4.69) is 54.7 Å². The van der Waals surface area contributed by atoms with Crippen LogP contribution in [0.2, 0.25) is 0 Å². The molecule has 5 heterocycles. The molecule has 4 aromatic rings. The predicted octanol–water partition coefficient (Wildman–Crippen LogP) is 4.11. The van der Waals surface area contributed by atoms with Gasteiger partial charge in [-0.3, -0.25) is 14.4 Å². The van der Waals surface area contributed by atoms with E-state index in [4.69, 9.17) is 0 Å². The van der Waals surface area contributed by atoms with Gasteiger partial charge in [-0.05, 0) is 42.8 Å². The van der Waals surface area contributed by atoms with Crippen LogP contribution in [0, 0.1) is 18.8 Å². The zero-order valence-electron chi connectivity index (χ0n) is 17.5. The van der Waals surface area contributed by atoms with Gasteiger partial charge in [0, 0.05) is 37.6 Å². The molecule has 0 aliphatic carbocycles. The maximum absolute atomic E-state index is 4.69. The highest BCUT2D eigenvalue weighted by Gasteiger charge is 2.22. The van der Waals surface area contributed by atoms with Crippen molar-refractivity contribution >= 4 is 28.0 Å². The van der Waals surface area contributed by atoms with E-state index < -0.39 is 0 Å². The minimum Gasteiger partial charge on any atom is -0.328 e. The molecule has 5 rings (SSSR count). The number of nitrogens with zero attached hydrogens (tertiary/aromatic N) is 6. The van der Waals surface area contributed by atoms with E-state index >= 15 is 0 Å². The number of anilines is 2. The summed E-state index contributed by atoms with van der Waals surface area (Å²) in [6.07, 6.45) is 8.82. The van der Waals surface area contributed by atoms with Gasteiger partial charge in [0.05, 0.1) is 29.5 Å². The molecular formula is C21H26N8S. The molecule has 0 saturated carbocycles. The van der Waals surface area contributed by atoms with Crippen molar-refractivity contribution in [1.82, 2.24) is 33.8 Å². The monoisotopic (exact) mass is 422 g/mol. The first-order valence-electron chi connectivity index (χ1n) is 10.3. The molecule has 0 spiro atoms. The van der Waals surface area contributed by atoms with E-state index in [0.29, 0.717) is 0 Å². The van der Waals surface area contributed by atoms with Crippen LogP contribution < -0.4 is 5.32 Å². The number of aromatic nitrogens is 6. The number of H-pyrrole nitrogens is 1. The second-order valence-electron chi connectivity index (χ2n) is 8.50. The zero-order valence-corrected chi connectivity index (χ0v) is 18.3. The number of fused-ring (bicyclic) bond motifs is 1. The Morgan fingerprint density at radius 2 is 2.07 bits per heavy atom. The minimum absolute atomic E-state index is 0.736. The van der Waals surface area contributed by atoms with Crippen molar-refractivity contribution in [2.24, 2.45) is 11.8 Å². The molecular weight excluding hydrogens is 396 g/mol. The Labute approximate surface area is 179 Å². The Morgan fingerprint density at radius 1 is 1.23 bits per heavy atom. The Bertz CT molecular complexity index is 1140. The molecule has 0 aromatic carbocycles. The number of likely N-dealkylation sites (tertiary alicyclic amines) is 1. The average Bonchev–Trinajstić information content (AvgIpc) is 3.41. The maximum atomic E-state index is 4.69. The molecule has 1 aliphatic rings. The Kier molecular flexibility index (Phi) is 5.00. The third-order valence-corrected chi connectivity index (χ3v) is 6.28. The van der Waals surface area contributed by atoms with E-state index in [9.17, 15) is 0 Å². The minimum atomic E-state index is 0.736. The van der Waals surface area contributed by atoms with Crippen LogP contribution in [0.25, 0.3) is 16.9 Å². The summed E-state index contributed by atoms with van der Waals surface area (Å²) in [7, 11) is 0. The largest absolute Gasteiger partial charge is 0.328 e. The summed E-state index contributed by atoms with van der Waals surface area (Å²) in [5, 5.41) is 11.3. The average molecular weight is 423 g/mol. The maximum Gasteiger partial charge on any atom is 0.180 e. The fourth-order valence-electron chi connectivity index (χ4n) is 4.51. The van der Waals surface area contributed by atoms with Gasteiger partial charge in [0.25, 0.3) is 0 Å². The topological polar surface area (TPSA) is 87.0 Å². The highest BCUT2D eigenvalue weighted by atomic mass is 32.1. The van der Waals surface area contributed by atoms with Gasteiger partial charge < -0.3 is 5.32 Å². The third kappa shape index (κ3) is 3.82. The number of piperidine rings is 1. The quantitative estimate of drug-likeness (QED) is 0.503. The predicted molar refractivity (Wildman–Crippen MR) is 119 cm³/mol. The fourth-order valence-corrected chi connectivity index (χ4v) is 5.17. The lowest BCUT2D eigenvalue weighted by atomic mass is 9.92. The number of nitrogens with one attached hydrogen (secondary N) is 2. The molecule has 1 saturated heterocycles. The van der Waals surface area contributed by atoms with Crippen LogP contribution in [0.4, 0.5) is 10.8 Å². The van der Waals surface area contributed by atoms with Gasteiger partial charge in [-0.2, -0.15) is 9.47 Å². The van der Waals surface area contributed by atoms with Crippen molar-refractivity contribution in [3.63, 3.8) is 0 Å². The van der Waals surface area contributed by atoms with Crippen LogP contribution >= 0.6 is 11.5 Å². The molecule has 30 heavy (non-hydrogen) atoms. The van der Waals surface area contributed by atoms with E-state index in [1.54, 1.807) is 6.20 Å². The second-order valence-corrected chi connectivity index (χ2v) is 9.31. The van der Waals surface area contributed by atoms with E-state index in [1.165, 1.54) is 18.0 Å². The number of rotatable bonds is 5. The molecule has 9 heteroatoms. The van der Waals surface area contributed by atoms with Gasteiger partial charge in [0.1, 0.15) is 5.00 Å². The van der Waals surface area contributed by atoms with E-state index in [1.807, 2.05) is 29.9 Å². The summed E-state index contributed by atoms with van der Waals surface area (Å²) in [6, 6.07) is 2.13. The lowest BCUT2D eigenvalue weighted by Crippen LogP contribution is -2.38. The molecule has 4 aromatic heterocycles. The summed E-state index contributed by atoms with van der Waals surface area (Å²) in [4.78, 5) is 11.8. The number of aromatic amines is 1. The molecule has 1 aliphatic heterocycles. The van der Waals surface area contributed by atoms with Crippen molar-refractivity contribution in [3.8, 4) is 11.3 Å². The summed E-state index contributed by atoms with van der Waals surface area (Å²) < 4.78 is 6.72. The summed E-state index contributed by atoms with van der Waals surface area (Å²) >= 11 is 1.47. The van der Waals surface area contributed by atoms with Gasteiger partial charge in [0.2, 0.25) is 0 Å². The van der Waals surface area contributed by atoms with Crippen LogP contribution in [0.5, 0.6) is 0 Å². The van der Waals surface area contributed by atoms with Crippen LogP contribution in [-0.4, -0.2) is 46.9 Å². The van der Waals surface area contributed by atoms with Gasteiger partial charge in [-0.25, -0.2) is 9.97 Å². The van der Waals surface area contributed by atoms with Crippen LogP contribution in [0.1, 0.15) is 31.7 Å². The first-order valence-corrected chi connectivity index (χ1v) is 11.1.